The van der Waals surface area contributed by atoms with Crippen LogP contribution in [0.4, 0.5) is 0 Å². The first-order valence-electron chi connectivity index (χ1n) is 10.9. The summed E-state index contributed by atoms with van der Waals surface area (Å²) in [5.41, 5.74) is 2.49. The predicted octanol–water partition coefficient (Wildman–Crippen LogP) is 6.87. The summed E-state index contributed by atoms with van der Waals surface area (Å²) in [4.78, 5) is 0. The minimum absolute atomic E-state index is 0.0745. The van der Waals surface area contributed by atoms with Crippen molar-refractivity contribution in [2.75, 3.05) is 13.2 Å². The molecule has 146 valence electrons. The zero-order chi connectivity index (χ0) is 18.5. The molecule has 26 heavy (non-hydrogen) atoms. The Balaban J connectivity index is 1.84. The first-order chi connectivity index (χ1) is 12.9. The minimum Gasteiger partial charge on any atom is -0.493 e. The van der Waals surface area contributed by atoms with Crippen LogP contribution in [0.3, 0.4) is 0 Å². The van der Waals surface area contributed by atoms with Crippen LogP contribution >= 0.6 is 0 Å². The Morgan fingerprint density at radius 1 is 1.00 bits per heavy atom. The second-order valence-corrected chi connectivity index (χ2v) is 7.66. The van der Waals surface area contributed by atoms with E-state index in [1.54, 1.807) is 6.08 Å². The van der Waals surface area contributed by atoms with Crippen molar-refractivity contribution < 1.29 is 9.84 Å². The van der Waals surface area contributed by atoms with Gasteiger partial charge in [0.15, 0.2) is 0 Å². The SMILES string of the molecule is CCCCCCCCCCOc1c(C=CCO)cccc1C1CCCC1. The molecule has 1 saturated carbocycles. The predicted molar refractivity (Wildman–Crippen MR) is 112 cm³/mol. The molecule has 0 amide bonds. The van der Waals surface area contributed by atoms with Gasteiger partial charge in [-0.2, -0.15) is 0 Å². The first kappa shape index (κ1) is 21.0. The third kappa shape index (κ3) is 7.15. The van der Waals surface area contributed by atoms with Gasteiger partial charge in [-0.15, -0.1) is 0 Å². The van der Waals surface area contributed by atoms with Gasteiger partial charge in [0.05, 0.1) is 13.2 Å². The molecule has 0 aliphatic heterocycles. The number of hydrogen-bond donors (Lipinski definition) is 1. The van der Waals surface area contributed by atoms with Crippen LogP contribution in [0.2, 0.25) is 0 Å². The topological polar surface area (TPSA) is 29.5 Å². The van der Waals surface area contributed by atoms with Gasteiger partial charge in [-0.1, -0.05) is 95.1 Å². The molecule has 0 bridgehead atoms. The smallest absolute Gasteiger partial charge is 0.129 e. The molecule has 2 rings (SSSR count). The zero-order valence-corrected chi connectivity index (χ0v) is 16.7. The fourth-order valence-electron chi connectivity index (χ4n) is 4.02. The first-order valence-corrected chi connectivity index (χ1v) is 10.9. The summed E-state index contributed by atoms with van der Waals surface area (Å²) in [6.07, 6.45) is 19.6. The van der Waals surface area contributed by atoms with E-state index >= 15 is 0 Å². The average molecular weight is 359 g/mol. The van der Waals surface area contributed by atoms with E-state index < -0.39 is 0 Å². The molecule has 2 nitrogen and oxygen atoms in total. The van der Waals surface area contributed by atoms with Gasteiger partial charge in [-0.25, -0.2) is 0 Å². The summed E-state index contributed by atoms with van der Waals surface area (Å²) >= 11 is 0. The van der Waals surface area contributed by atoms with E-state index in [1.807, 2.05) is 6.08 Å². The molecule has 0 aromatic heterocycles. The molecule has 0 heterocycles. The van der Waals surface area contributed by atoms with Crippen LogP contribution in [0.15, 0.2) is 24.3 Å². The highest BCUT2D eigenvalue weighted by Crippen LogP contribution is 2.40. The molecular weight excluding hydrogens is 320 g/mol. The number of aliphatic hydroxyl groups excluding tert-OH is 1. The maximum atomic E-state index is 9.12. The van der Waals surface area contributed by atoms with Crippen molar-refractivity contribution in [3.8, 4) is 5.75 Å². The van der Waals surface area contributed by atoms with Crippen LogP contribution in [-0.4, -0.2) is 18.3 Å². The Kier molecular flexibility index (Phi) is 10.5. The molecule has 1 N–H and O–H groups in total. The van der Waals surface area contributed by atoms with Crippen LogP contribution in [-0.2, 0) is 0 Å². The standard InChI is InChI=1S/C24H38O2/c1-2-3-4-5-6-7-8-11-20-26-24-22(17-13-19-25)16-12-18-23(24)21-14-9-10-15-21/h12-13,16-18,21,25H,2-11,14-15,19-20H2,1H3. The van der Waals surface area contributed by atoms with E-state index in [4.69, 9.17) is 9.84 Å². The molecule has 0 atom stereocenters. The second kappa shape index (κ2) is 13.0. The van der Waals surface area contributed by atoms with Gasteiger partial charge in [-0.3, -0.25) is 0 Å². The van der Waals surface area contributed by atoms with Crippen molar-refractivity contribution in [2.45, 2.75) is 89.9 Å². The Labute approximate surface area is 160 Å². The van der Waals surface area contributed by atoms with Crippen molar-refractivity contribution in [1.29, 1.82) is 0 Å². The van der Waals surface area contributed by atoms with Gasteiger partial charge in [-0.05, 0) is 30.7 Å². The van der Waals surface area contributed by atoms with E-state index in [9.17, 15) is 0 Å². The lowest BCUT2D eigenvalue weighted by molar-refractivity contribution is 0.299. The van der Waals surface area contributed by atoms with Gasteiger partial charge < -0.3 is 9.84 Å². The number of ether oxygens (including phenoxy) is 1. The summed E-state index contributed by atoms with van der Waals surface area (Å²) in [6.45, 7) is 3.15. The third-order valence-corrected chi connectivity index (χ3v) is 5.52. The lowest BCUT2D eigenvalue weighted by Crippen LogP contribution is -2.04. The highest BCUT2D eigenvalue weighted by molar-refractivity contribution is 5.60. The fraction of sp³-hybridized carbons (Fsp3) is 0.667. The highest BCUT2D eigenvalue weighted by atomic mass is 16.5. The van der Waals surface area contributed by atoms with Crippen molar-refractivity contribution >= 4 is 6.08 Å². The lowest BCUT2D eigenvalue weighted by Gasteiger charge is -2.18. The second-order valence-electron chi connectivity index (χ2n) is 7.66. The van der Waals surface area contributed by atoms with Gasteiger partial charge in [0, 0.05) is 5.56 Å². The molecular formula is C24H38O2. The van der Waals surface area contributed by atoms with E-state index in [2.05, 4.69) is 25.1 Å². The van der Waals surface area contributed by atoms with Crippen molar-refractivity contribution in [1.82, 2.24) is 0 Å². The monoisotopic (exact) mass is 358 g/mol. The average Bonchev–Trinajstić information content (AvgIpc) is 3.20. The minimum atomic E-state index is 0.0745. The van der Waals surface area contributed by atoms with E-state index in [-0.39, 0.29) is 6.61 Å². The molecule has 2 heteroatoms. The van der Waals surface area contributed by atoms with Crippen LogP contribution in [0, 0.1) is 0 Å². The summed E-state index contributed by atoms with van der Waals surface area (Å²) in [7, 11) is 0. The Morgan fingerprint density at radius 3 is 2.38 bits per heavy atom. The van der Waals surface area contributed by atoms with Crippen LogP contribution in [0.1, 0.15) is 101 Å². The van der Waals surface area contributed by atoms with Crippen molar-refractivity contribution in [2.24, 2.45) is 0 Å². The van der Waals surface area contributed by atoms with Gasteiger partial charge in [0.2, 0.25) is 0 Å². The number of rotatable bonds is 13. The summed E-state index contributed by atoms with van der Waals surface area (Å²) in [5, 5.41) is 9.12. The van der Waals surface area contributed by atoms with Crippen LogP contribution in [0.25, 0.3) is 6.08 Å². The quantitative estimate of drug-likeness (QED) is 0.390. The molecule has 1 aromatic carbocycles. The molecule has 1 aromatic rings. The van der Waals surface area contributed by atoms with E-state index in [0.29, 0.717) is 5.92 Å². The highest BCUT2D eigenvalue weighted by Gasteiger charge is 2.21. The van der Waals surface area contributed by atoms with E-state index in [1.165, 1.54) is 76.2 Å². The molecule has 0 spiro atoms. The van der Waals surface area contributed by atoms with Gasteiger partial charge in [0.25, 0.3) is 0 Å². The maximum absolute atomic E-state index is 9.12. The molecule has 0 unspecified atom stereocenters. The van der Waals surface area contributed by atoms with Crippen molar-refractivity contribution in [3.05, 3.63) is 35.4 Å². The van der Waals surface area contributed by atoms with Gasteiger partial charge >= 0.3 is 0 Å². The normalized spacial score (nSPS) is 15.2. The third-order valence-electron chi connectivity index (χ3n) is 5.52. The summed E-state index contributed by atoms with van der Waals surface area (Å²) in [5.74, 6) is 1.71. The number of para-hydroxylation sites is 1. The van der Waals surface area contributed by atoms with Crippen LogP contribution in [0.5, 0.6) is 5.75 Å². The number of hydrogen-bond acceptors (Lipinski definition) is 2. The number of aliphatic hydroxyl groups is 1. The molecule has 1 fully saturated rings. The van der Waals surface area contributed by atoms with Crippen LogP contribution < -0.4 is 4.74 Å². The van der Waals surface area contributed by atoms with Crippen molar-refractivity contribution in [3.63, 3.8) is 0 Å². The Bertz CT molecular complexity index is 515. The fourth-order valence-corrected chi connectivity index (χ4v) is 4.02. The molecule has 0 radical (unpaired) electrons. The molecule has 1 aliphatic carbocycles. The largest absolute Gasteiger partial charge is 0.493 e. The Morgan fingerprint density at radius 2 is 1.69 bits per heavy atom. The number of benzene rings is 1. The Hall–Kier alpha value is -1.28. The maximum Gasteiger partial charge on any atom is 0.129 e. The summed E-state index contributed by atoms with van der Waals surface area (Å²) in [6, 6.07) is 6.48. The van der Waals surface area contributed by atoms with E-state index in [0.717, 1.165) is 24.3 Å². The zero-order valence-electron chi connectivity index (χ0n) is 16.7. The number of unbranched alkanes of at least 4 members (excludes halogenated alkanes) is 7. The van der Waals surface area contributed by atoms with Gasteiger partial charge in [0.1, 0.15) is 5.75 Å². The lowest BCUT2D eigenvalue weighted by atomic mass is 9.94. The summed E-state index contributed by atoms with van der Waals surface area (Å²) < 4.78 is 6.29. The molecule has 1 aliphatic rings. The molecule has 0 saturated heterocycles.